The molecule has 3 aromatic carbocycles. The van der Waals surface area contributed by atoms with Crippen molar-refractivity contribution in [2.75, 3.05) is 97.6 Å². The fraction of sp³-hybridized carbons (Fsp3) is 0.564. The second-order valence-electron chi connectivity index (χ2n) is 20.0. The Hall–Kier alpha value is -5.74. The van der Waals surface area contributed by atoms with Crippen LogP contribution < -0.4 is 15.1 Å². The van der Waals surface area contributed by atoms with Crippen LogP contribution in [0.4, 0.5) is 17.1 Å². The first kappa shape index (κ1) is 61.5. The molecule has 0 saturated carbocycles. The number of fused-ring (bicyclic) bond motifs is 5. The van der Waals surface area contributed by atoms with Gasteiger partial charge < -0.3 is 33.3 Å². The van der Waals surface area contributed by atoms with Gasteiger partial charge in [-0.1, -0.05) is 80.8 Å². The number of thioether (sulfide) groups is 1. The number of carbonyl (C=O) groups excluding carboxylic acids is 2. The minimum absolute atomic E-state index is 0.00778. The second kappa shape index (κ2) is 31.2. The molecular formula is C55H76N7O14PS. The van der Waals surface area contributed by atoms with E-state index >= 15 is 0 Å². The van der Waals surface area contributed by atoms with Gasteiger partial charge in [-0.2, -0.15) is 0 Å². The Labute approximate surface area is 460 Å². The number of benzene rings is 4. The standard InChI is InChI=1S/C55H76N7O14PS/c1-7-60(8-2)41-22-25-46-50(35-41)75-51-37-49(64)44-24-23-42(36-45(44)53(51)57-46)70-31-20-17-21-52(65)74-43(39-73-77(68,71-32-29-62(4,5)6)72-33-34-78-40(3)63)38-69-30-19-16-14-12-10-9-11-13-15-18-28-56-47-26-27-48(61(66)67)55-54(47)58-76-59-55/h22-27,35-37,43H,7-21,28-34,38-39H2,1-6H3. The predicted molar refractivity (Wildman–Crippen MR) is 302 cm³/mol. The monoisotopic (exact) mass is 1120 g/mol. The van der Waals surface area contributed by atoms with E-state index in [4.69, 9.17) is 41.8 Å². The van der Waals surface area contributed by atoms with Gasteiger partial charge in [-0.25, -0.2) is 14.2 Å². The summed E-state index contributed by atoms with van der Waals surface area (Å²) in [4.78, 5) is 55.8. The minimum atomic E-state index is -4.12. The quantitative estimate of drug-likeness (QED) is 0.00510. The maximum atomic E-state index is 13.8. The van der Waals surface area contributed by atoms with Crippen LogP contribution in [0, 0.1) is 10.1 Å². The lowest BCUT2D eigenvalue weighted by Crippen LogP contribution is -2.37. The zero-order valence-electron chi connectivity index (χ0n) is 45.9. The lowest BCUT2D eigenvalue weighted by Gasteiger charge is -2.26. The first-order valence-electron chi connectivity index (χ1n) is 27.1. The molecule has 0 saturated heterocycles. The molecule has 6 rings (SSSR count). The van der Waals surface area contributed by atoms with Crippen molar-refractivity contribution in [2.24, 2.45) is 0 Å². The van der Waals surface area contributed by atoms with E-state index in [1.54, 1.807) is 24.3 Å². The van der Waals surface area contributed by atoms with Crippen molar-refractivity contribution in [3.05, 3.63) is 80.3 Å². The average Bonchev–Trinajstić information content (AvgIpc) is 3.91. The number of quaternary nitrogens is 1. The number of phosphoric acid groups is 1. The summed E-state index contributed by atoms with van der Waals surface area (Å²) >= 11 is 1.04. The number of unbranched alkanes of at least 4 members (excludes halogenated alkanes) is 10. The minimum Gasteiger partial charge on any atom is -0.682 e. The molecule has 2 heterocycles. The summed E-state index contributed by atoms with van der Waals surface area (Å²) in [6.07, 6.45) is 10.5. The zero-order chi connectivity index (χ0) is 55.9. The molecule has 0 radical (unpaired) electrons. The molecule has 4 aromatic rings. The van der Waals surface area contributed by atoms with Crippen LogP contribution in [0.2, 0.25) is 0 Å². The third-order valence-electron chi connectivity index (χ3n) is 12.8. The molecule has 21 nitrogen and oxygen atoms in total. The molecule has 0 amide bonds. The predicted octanol–water partition coefficient (Wildman–Crippen LogP) is 12.0. The van der Waals surface area contributed by atoms with Crippen LogP contribution in [-0.4, -0.2) is 135 Å². The largest absolute Gasteiger partial charge is 0.682 e. The van der Waals surface area contributed by atoms with E-state index in [0.717, 1.165) is 94.7 Å². The number of esters is 1. The van der Waals surface area contributed by atoms with Gasteiger partial charge in [-0.3, -0.25) is 38.1 Å². The molecule has 0 spiro atoms. The van der Waals surface area contributed by atoms with Crippen LogP contribution in [-0.2, 0) is 37.2 Å². The number of nitrogens with zero attached hydrogens (tertiary/aromatic N) is 7. The van der Waals surface area contributed by atoms with E-state index in [1.165, 1.54) is 19.1 Å². The van der Waals surface area contributed by atoms with Crippen molar-refractivity contribution in [2.45, 2.75) is 110 Å². The number of nitro benzene ring substituents is 1. The van der Waals surface area contributed by atoms with Crippen LogP contribution in [0.3, 0.4) is 0 Å². The highest BCUT2D eigenvalue weighted by Crippen LogP contribution is 2.49. The number of ether oxygens (including phenoxy) is 3. The summed E-state index contributed by atoms with van der Waals surface area (Å²) in [5, 5.41) is 24.3. The van der Waals surface area contributed by atoms with Gasteiger partial charge in [0.1, 0.15) is 41.7 Å². The zero-order valence-corrected chi connectivity index (χ0v) is 47.7. The maximum absolute atomic E-state index is 13.8. The number of aromatic nitrogens is 3. The summed E-state index contributed by atoms with van der Waals surface area (Å²) in [5.41, 5.74) is 3.44. The molecule has 1 aliphatic carbocycles. The van der Waals surface area contributed by atoms with Gasteiger partial charge in [0.2, 0.25) is 5.52 Å². The van der Waals surface area contributed by atoms with Crippen molar-refractivity contribution in [1.82, 2.24) is 15.3 Å². The van der Waals surface area contributed by atoms with Gasteiger partial charge in [0.05, 0.1) is 52.5 Å². The molecule has 78 heavy (non-hydrogen) atoms. The number of rotatable bonds is 38. The van der Waals surface area contributed by atoms with Crippen molar-refractivity contribution in [3.8, 4) is 17.2 Å². The van der Waals surface area contributed by atoms with Crippen LogP contribution in [0.15, 0.2) is 68.4 Å². The highest BCUT2D eigenvalue weighted by Gasteiger charge is 2.31. The number of carbonyl (C=O) groups is 2. The molecule has 0 fully saturated rings. The summed E-state index contributed by atoms with van der Waals surface area (Å²) in [6.45, 7) is 8.90. The van der Waals surface area contributed by atoms with Crippen LogP contribution in [0.25, 0.3) is 49.7 Å². The van der Waals surface area contributed by atoms with Crippen LogP contribution >= 0.6 is 19.6 Å². The molecule has 0 N–H and O–H groups in total. The Morgan fingerprint density at radius 3 is 2.23 bits per heavy atom. The normalized spacial score (nSPS) is 13.1. The van der Waals surface area contributed by atoms with Crippen molar-refractivity contribution >= 4 is 80.6 Å². The smallest absolute Gasteiger partial charge is 0.475 e. The second-order valence-corrected chi connectivity index (χ2v) is 22.9. The summed E-state index contributed by atoms with van der Waals surface area (Å²) in [5.74, 6) is 0.709. The topological polar surface area (TPSA) is 249 Å². The fourth-order valence-electron chi connectivity index (χ4n) is 8.55. The molecule has 0 bridgehead atoms. The number of non-ortho nitro benzene ring substituents is 1. The molecule has 23 heteroatoms. The highest BCUT2D eigenvalue weighted by atomic mass is 32.2. The molecule has 2 unspecified atom stereocenters. The Bertz CT molecular complexity index is 2950. The van der Waals surface area contributed by atoms with E-state index in [1.807, 2.05) is 39.3 Å². The van der Waals surface area contributed by atoms with Crippen molar-refractivity contribution < 1.29 is 60.4 Å². The van der Waals surface area contributed by atoms with E-state index in [9.17, 15) is 29.1 Å². The fourth-order valence-corrected chi connectivity index (χ4v) is 10.3. The number of anilines is 1. The van der Waals surface area contributed by atoms with E-state index in [2.05, 4.69) is 34.4 Å². The van der Waals surface area contributed by atoms with E-state index in [-0.39, 0.29) is 60.3 Å². The number of hydrogen-bond donors (Lipinski definition) is 0. The third-order valence-corrected chi connectivity index (χ3v) is 15.0. The molecule has 2 atom stereocenters. The molecular weight excluding hydrogens is 1050 g/mol. The summed E-state index contributed by atoms with van der Waals surface area (Å²) < 4.78 is 60.4. The lowest BCUT2D eigenvalue weighted by atomic mass is 10.0. The number of phosphoric ester groups is 1. The van der Waals surface area contributed by atoms with Crippen LogP contribution in [0.1, 0.15) is 104 Å². The van der Waals surface area contributed by atoms with Gasteiger partial charge in [0.15, 0.2) is 21.9 Å². The van der Waals surface area contributed by atoms with Gasteiger partial charge >= 0.3 is 19.5 Å². The SMILES string of the molecule is CCN(CC)c1ccc2nc3c4cc(OCCCCC(=O)OC(COCCCCCCCCCCCC[N-]c5ccc([N+](=O)[O-])c6nonc56)COP(=O)(OCCSC(C)=O)OCC[N+](C)(C)C)ccc4c(=O)cc-3oc2c1. The first-order chi connectivity index (χ1) is 37.6. The van der Waals surface area contributed by atoms with Gasteiger partial charge in [-0.15, -0.1) is 12.2 Å². The van der Waals surface area contributed by atoms with Gasteiger partial charge in [0, 0.05) is 73.5 Å². The van der Waals surface area contributed by atoms with Crippen molar-refractivity contribution in [3.63, 3.8) is 0 Å². The summed E-state index contributed by atoms with van der Waals surface area (Å²) in [6, 6.07) is 15.6. The molecule has 1 aromatic heterocycles. The third kappa shape index (κ3) is 19.6. The van der Waals surface area contributed by atoms with Gasteiger partial charge in [0.25, 0.3) is 0 Å². The number of nitro groups is 1. The number of hydrogen-bond acceptors (Lipinski definition) is 19. The first-order valence-corrected chi connectivity index (χ1v) is 29.5. The van der Waals surface area contributed by atoms with Crippen molar-refractivity contribution in [1.29, 1.82) is 0 Å². The Kier molecular flexibility index (Phi) is 24.6. The Morgan fingerprint density at radius 2 is 1.51 bits per heavy atom. The van der Waals surface area contributed by atoms with Gasteiger partial charge in [-0.05, 0) is 68.6 Å². The Morgan fingerprint density at radius 1 is 0.808 bits per heavy atom. The highest BCUT2D eigenvalue weighted by molar-refractivity contribution is 8.13. The molecule has 1 aliphatic heterocycles. The van der Waals surface area contributed by atoms with E-state index in [0.29, 0.717) is 93.9 Å². The number of likely N-dealkylation sites (N-methyl/N-ethyl adjacent to an activating group) is 1. The Balaban J connectivity index is 0.929. The summed E-state index contributed by atoms with van der Waals surface area (Å²) in [7, 11) is 1.79. The molecule has 426 valence electrons. The van der Waals surface area contributed by atoms with Crippen LogP contribution in [0.5, 0.6) is 5.75 Å². The molecule has 2 aliphatic rings. The maximum Gasteiger partial charge on any atom is 0.475 e. The average molecular weight is 1120 g/mol. The lowest BCUT2D eigenvalue weighted by molar-refractivity contribution is -0.870. The van der Waals surface area contributed by atoms with E-state index < -0.39 is 24.8 Å².